The number of rotatable bonds is 19. The number of aliphatic carboxylic acids is 1. The van der Waals surface area contributed by atoms with Gasteiger partial charge in [-0.05, 0) is 144 Å². The van der Waals surface area contributed by atoms with Gasteiger partial charge in [0.1, 0.15) is 0 Å². The average molecular weight is 938 g/mol. The maximum Gasteiger partial charge on any atom is 0.416 e. The molecule has 3 N–H and O–H groups in total. The van der Waals surface area contributed by atoms with Gasteiger partial charge >= 0.3 is 12.1 Å². The van der Waals surface area contributed by atoms with Crippen LogP contribution in [-0.4, -0.2) is 76.6 Å². The predicted octanol–water partition coefficient (Wildman–Crippen LogP) is 11.1. The van der Waals surface area contributed by atoms with Gasteiger partial charge in [0, 0.05) is 90.0 Å². The number of nitrogens with zero attached hydrogens (tertiary/aromatic N) is 3. The molecule has 4 aromatic carbocycles. The molecule has 0 saturated carbocycles. The van der Waals surface area contributed by atoms with Crippen molar-refractivity contribution in [3.05, 3.63) is 143 Å². The number of hydrogen-bond donors (Lipinski definition) is 3. The molecule has 0 radical (unpaired) electrons. The van der Waals surface area contributed by atoms with E-state index >= 15 is 0 Å². The monoisotopic (exact) mass is 937 g/mol. The van der Waals surface area contributed by atoms with Crippen LogP contribution in [0.3, 0.4) is 0 Å². The summed E-state index contributed by atoms with van der Waals surface area (Å²) in [7, 11) is 1.77. The SMILES string of the molecule is CN(C(=O)c1cccc(SCc2cccc(C(=O)Nc3ccc(N4CCCCC4)cc3-c3cc(C(=O)NCc4cccc(C(F)(F)F)c4)ccn3)c2)c1)C(C)(C)CCOC(C)(C)CCC(=O)O. The number of alkyl halides is 3. The molecule has 67 heavy (non-hydrogen) atoms. The molecule has 0 unspecified atom stereocenters. The van der Waals surface area contributed by atoms with Crippen LogP contribution in [0, 0.1) is 0 Å². The molecule has 11 nitrogen and oxygen atoms in total. The maximum atomic E-state index is 14.0. The normalized spacial score (nSPS) is 13.2. The maximum absolute atomic E-state index is 14.0. The molecule has 15 heteroatoms. The van der Waals surface area contributed by atoms with Gasteiger partial charge in [-0.15, -0.1) is 11.8 Å². The van der Waals surface area contributed by atoms with Crippen LogP contribution in [0.4, 0.5) is 24.5 Å². The number of aromatic nitrogens is 1. The quantitative estimate of drug-likeness (QED) is 0.0690. The Hall–Kier alpha value is -6.19. The molecule has 0 spiro atoms. The number of carbonyl (C=O) groups is 4. The first-order valence-corrected chi connectivity index (χ1v) is 23.3. The fourth-order valence-corrected chi connectivity index (χ4v) is 8.54. The first kappa shape index (κ1) is 50.2. The molecular formula is C52H58F3N5O6S. The number of carboxylic acids is 1. The van der Waals surface area contributed by atoms with E-state index in [-0.39, 0.29) is 30.3 Å². The highest BCUT2D eigenvalue weighted by Crippen LogP contribution is 2.34. The number of hydrogen-bond acceptors (Lipinski definition) is 8. The number of piperidine rings is 1. The Labute approximate surface area is 394 Å². The highest BCUT2D eigenvalue weighted by Gasteiger charge is 2.31. The zero-order valence-electron chi connectivity index (χ0n) is 38.5. The zero-order valence-corrected chi connectivity index (χ0v) is 39.4. The van der Waals surface area contributed by atoms with Gasteiger partial charge in [-0.1, -0.05) is 30.3 Å². The Morgan fingerprint density at radius 1 is 0.791 bits per heavy atom. The summed E-state index contributed by atoms with van der Waals surface area (Å²) in [6.45, 7) is 9.69. The van der Waals surface area contributed by atoms with Crippen LogP contribution < -0.4 is 15.5 Å². The average Bonchev–Trinajstić information content (AvgIpc) is 3.31. The Kier molecular flexibility index (Phi) is 16.5. The second-order valence-corrected chi connectivity index (χ2v) is 19.0. The molecule has 1 aliphatic heterocycles. The molecule has 1 aliphatic rings. The number of thioether (sulfide) groups is 1. The van der Waals surface area contributed by atoms with Crippen LogP contribution in [0.25, 0.3) is 11.3 Å². The van der Waals surface area contributed by atoms with E-state index < -0.39 is 34.8 Å². The lowest BCUT2D eigenvalue weighted by atomic mass is 9.97. The van der Waals surface area contributed by atoms with Gasteiger partial charge in [0.2, 0.25) is 0 Å². The largest absolute Gasteiger partial charge is 0.481 e. The third-order valence-electron chi connectivity index (χ3n) is 12.0. The first-order chi connectivity index (χ1) is 31.8. The minimum absolute atomic E-state index is 0.0168. The van der Waals surface area contributed by atoms with E-state index in [1.54, 1.807) is 30.1 Å². The van der Waals surface area contributed by atoms with E-state index in [4.69, 9.17) is 9.84 Å². The van der Waals surface area contributed by atoms with Crippen molar-refractivity contribution in [2.75, 3.05) is 37.0 Å². The van der Waals surface area contributed by atoms with Crippen LogP contribution in [0.2, 0.25) is 0 Å². The third kappa shape index (κ3) is 14.2. The molecule has 354 valence electrons. The predicted molar refractivity (Wildman–Crippen MR) is 256 cm³/mol. The van der Waals surface area contributed by atoms with E-state index in [9.17, 15) is 32.3 Å². The molecule has 0 atom stereocenters. The number of nitrogens with one attached hydrogen (secondary N) is 2. The molecule has 0 aliphatic carbocycles. The minimum Gasteiger partial charge on any atom is -0.481 e. The van der Waals surface area contributed by atoms with Gasteiger partial charge in [0.05, 0.1) is 22.5 Å². The van der Waals surface area contributed by atoms with Crippen LogP contribution >= 0.6 is 11.8 Å². The van der Waals surface area contributed by atoms with Crippen LogP contribution in [0.5, 0.6) is 0 Å². The van der Waals surface area contributed by atoms with Crippen molar-refractivity contribution in [2.45, 2.75) is 101 Å². The number of halogens is 3. The van der Waals surface area contributed by atoms with Gasteiger partial charge in [-0.2, -0.15) is 13.2 Å². The van der Waals surface area contributed by atoms with Gasteiger partial charge in [0.15, 0.2) is 0 Å². The van der Waals surface area contributed by atoms with Crippen molar-refractivity contribution in [1.29, 1.82) is 0 Å². The van der Waals surface area contributed by atoms with Crippen molar-refractivity contribution < 1.29 is 42.2 Å². The molecule has 1 aromatic heterocycles. The number of carboxylic acid groups (broad SMARTS) is 1. The summed E-state index contributed by atoms with van der Waals surface area (Å²) >= 11 is 1.54. The number of anilines is 2. The summed E-state index contributed by atoms with van der Waals surface area (Å²) in [5.41, 5.74) is 2.96. The highest BCUT2D eigenvalue weighted by atomic mass is 32.2. The van der Waals surface area contributed by atoms with Crippen molar-refractivity contribution in [3.8, 4) is 11.3 Å². The van der Waals surface area contributed by atoms with Crippen molar-refractivity contribution in [2.24, 2.45) is 0 Å². The lowest BCUT2D eigenvalue weighted by Gasteiger charge is -2.37. The van der Waals surface area contributed by atoms with E-state index in [1.807, 2.05) is 82.3 Å². The molecular weight excluding hydrogens is 880 g/mol. The topological polar surface area (TPSA) is 141 Å². The number of ether oxygens (including phenoxy) is 1. The van der Waals surface area contributed by atoms with E-state index in [2.05, 4.69) is 20.5 Å². The third-order valence-corrected chi connectivity index (χ3v) is 13.1. The molecule has 3 amide bonds. The van der Waals surface area contributed by atoms with E-state index in [0.717, 1.165) is 60.6 Å². The van der Waals surface area contributed by atoms with Gasteiger partial charge < -0.3 is 30.3 Å². The standard InChI is InChI=1S/C52H58F3N5O6S/c1-50(2,23-27-66-51(3,4)22-20-46(61)62)59(5)49(65)39-15-11-17-42(30-39)67-34-36-13-9-14-37(28-36)48(64)58-44-19-18-41(60-25-7-6-8-26-60)32-43(44)45-31-38(21-24-56-45)47(63)57-33-35-12-10-16-40(29-35)52(53,54)55/h9-19,21,24,28-32H,6-8,20,22-23,25-27,33-34H2,1-5H3,(H,57,63)(H,58,64)(H,61,62). The zero-order chi connectivity index (χ0) is 48.4. The number of amides is 3. The Balaban J connectivity index is 1.12. The van der Waals surface area contributed by atoms with E-state index in [0.29, 0.717) is 58.8 Å². The molecule has 6 rings (SSSR count). The van der Waals surface area contributed by atoms with Crippen LogP contribution in [0.1, 0.15) is 114 Å². The second-order valence-electron chi connectivity index (χ2n) is 18.0. The highest BCUT2D eigenvalue weighted by molar-refractivity contribution is 7.98. The fraction of sp³-hybridized carbons (Fsp3) is 0.365. The van der Waals surface area contributed by atoms with Crippen molar-refractivity contribution in [1.82, 2.24) is 15.2 Å². The summed E-state index contributed by atoms with van der Waals surface area (Å²) < 4.78 is 45.9. The Bertz CT molecular complexity index is 2560. The first-order valence-electron chi connectivity index (χ1n) is 22.3. The number of pyridine rings is 1. The summed E-state index contributed by atoms with van der Waals surface area (Å²) in [6, 6.07) is 28.5. The second kappa shape index (κ2) is 22.1. The lowest BCUT2D eigenvalue weighted by molar-refractivity contribution is -0.139. The molecule has 5 aromatic rings. The van der Waals surface area contributed by atoms with Crippen molar-refractivity contribution in [3.63, 3.8) is 0 Å². The molecule has 1 fully saturated rings. The van der Waals surface area contributed by atoms with Gasteiger partial charge in [-0.25, -0.2) is 0 Å². The van der Waals surface area contributed by atoms with Crippen LogP contribution in [0.15, 0.2) is 114 Å². The van der Waals surface area contributed by atoms with Crippen LogP contribution in [-0.2, 0) is 28.0 Å². The summed E-state index contributed by atoms with van der Waals surface area (Å²) in [5.74, 6) is -1.32. The number of benzene rings is 4. The van der Waals surface area contributed by atoms with Gasteiger partial charge in [0.25, 0.3) is 17.7 Å². The fourth-order valence-electron chi connectivity index (χ4n) is 7.64. The van der Waals surface area contributed by atoms with E-state index in [1.165, 1.54) is 36.2 Å². The summed E-state index contributed by atoms with van der Waals surface area (Å²) in [4.78, 5) is 61.5. The molecule has 1 saturated heterocycles. The molecule has 0 bridgehead atoms. The minimum atomic E-state index is -4.50. The smallest absolute Gasteiger partial charge is 0.416 e. The Morgan fingerprint density at radius 3 is 2.24 bits per heavy atom. The summed E-state index contributed by atoms with van der Waals surface area (Å²) in [5, 5.41) is 14.8. The summed E-state index contributed by atoms with van der Waals surface area (Å²) in [6.07, 6.45) is 1.19. The molecule has 2 heterocycles. The van der Waals surface area contributed by atoms with Gasteiger partial charge in [-0.3, -0.25) is 24.2 Å². The number of carbonyl (C=O) groups excluding carboxylic acids is 3. The lowest BCUT2D eigenvalue weighted by Crippen LogP contribution is -2.46. The Morgan fingerprint density at radius 2 is 1.49 bits per heavy atom. The van der Waals surface area contributed by atoms with Crippen molar-refractivity contribution >= 4 is 46.8 Å².